The molecule has 25 heavy (non-hydrogen) atoms. The highest BCUT2D eigenvalue weighted by molar-refractivity contribution is 5.87. The quantitative estimate of drug-likeness (QED) is 0.808. The van der Waals surface area contributed by atoms with E-state index in [1.54, 1.807) is 0 Å². The minimum atomic E-state index is 0.213. The average molecular weight is 335 g/mol. The summed E-state index contributed by atoms with van der Waals surface area (Å²) in [7, 11) is 0. The Morgan fingerprint density at radius 3 is 2.84 bits per heavy atom. The smallest absolute Gasteiger partial charge is 0.223 e. The van der Waals surface area contributed by atoms with Gasteiger partial charge in [0.2, 0.25) is 5.91 Å². The topological polar surface area (TPSA) is 38.3 Å². The van der Waals surface area contributed by atoms with Crippen LogP contribution < -0.4 is 10.1 Å². The Morgan fingerprint density at radius 1 is 1.20 bits per heavy atom. The van der Waals surface area contributed by atoms with Gasteiger partial charge in [-0.2, -0.15) is 0 Å². The van der Waals surface area contributed by atoms with Crippen molar-refractivity contribution in [1.82, 2.24) is 5.32 Å². The summed E-state index contributed by atoms with van der Waals surface area (Å²) in [5.41, 5.74) is 1.22. The van der Waals surface area contributed by atoms with Crippen LogP contribution in [0.15, 0.2) is 36.4 Å². The summed E-state index contributed by atoms with van der Waals surface area (Å²) >= 11 is 0. The molecule has 1 aliphatic carbocycles. The highest BCUT2D eigenvalue weighted by Gasteiger charge is 2.20. The standard InChI is InChI=1S/C22H25NO2/c1-2-15-25-20-12-11-17-9-6-10-18(21(17)16-20)13-14-23-22(24)19-7-4-3-5-8-19/h1,6,9-12,16,19H,3-5,7-8,13-15H2,(H,23,24). The summed E-state index contributed by atoms with van der Waals surface area (Å²) in [6.45, 7) is 0.939. The number of hydrogen-bond acceptors (Lipinski definition) is 2. The molecule has 0 unspecified atom stereocenters. The van der Waals surface area contributed by atoms with Gasteiger partial charge in [0.1, 0.15) is 12.4 Å². The van der Waals surface area contributed by atoms with Crippen LogP contribution in [-0.4, -0.2) is 19.1 Å². The maximum absolute atomic E-state index is 12.3. The van der Waals surface area contributed by atoms with E-state index >= 15 is 0 Å². The van der Waals surface area contributed by atoms with Crippen molar-refractivity contribution in [3.63, 3.8) is 0 Å². The van der Waals surface area contributed by atoms with Crippen LogP contribution in [0.2, 0.25) is 0 Å². The lowest BCUT2D eigenvalue weighted by Gasteiger charge is -2.20. The van der Waals surface area contributed by atoms with Crippen LogP contribution >= 0.6 is 0 Å². The predicted octanol–water partition coefficient (Wildman–Crippen LogP) is 4.09. The second-order valence-corrected chi connectivity index (χ2v) is 6.67. The van der Waals surface area contributed by atoms with Gasteiger partial charge < -0.3 is 10.1 Å². The Morgan fingerprint density at radius 2 is 2.04 bits per heavy atom. The van der Waals surface area contributed by atoms with E-state index in [1.807, 2.05) is 18.2 Å². The molecular formula is C22H25NO2. The zero-order chi connectivity index (χ0) is 17.5. The third kappa shape index (κ3) is 4.54. The number of hydrogen-bond donors (Lipinski definition) is 1. The zero-order valence-electron chi connectivity index (χ0n) is 14.6. The zero-order valence-corrected chi connectivity index (χ0v) is 14.6. The normalized spacial score (nSPS) is 14.8. The molecule has 0 radical (unpaired) electrons. The number of rotatable bonds is 6. The summed E-state index contributed by atoms with van der Waals surface area (Å²) in [5, 5.41) is 5.44. The van der Waals surface area contributed by atoms with Crippen molar-refractivity contribution >= 4 is 16.7 Å². The van der Waals surface area contributed by atoms with Crippen LogP contribution in [-0.2, 0) is 11.2 Å². The van der Waals surface area contributed by atoms with Crippen LogP contribution in [0.3, 0.4) is 0 Å². The Balaban J connectivity index is 1.64. The maximum atomic E-state index is 12.3. The minimum Gasteiger partial charge on any atom is -0.481 e. The fourth-order valence-corrected chi connectivity index (χ4v) is 3.58. The molecule has 3 rings (SSSR count). The molecular weight excluding hydrogens is 310 g/mol. The molecule has 0 aromatic heterocycles. The molecule has 0 spiro atoms. The molecule has 1 aliphatic rings. The molecule has 0 saturated heterocycles. The molecule has 0 bridgehead atoms. The van der Waals surface area contributed by atoms with Crippen molar-refractivity contribution in [2.45, 2.75) is 38.5 Å². The van der Waals surface area contributed by atoms with E-state index in [0.717, 1.165) is 30.4 Å². The molecule has 3 heteroatoms. The van der Waals surface area contributed by atoms with Gasteiger partial charge in [0.25, 0.3) is 0 Å². The summed E-state index contributed by atoms with van der Waals surface area (Å²) in [5.74, 6) is 3.70. The first-order valence-corrected chi connectivity index (χ1v) is 9.13. The van der Waals surface area contributed by atoms with Gasteiger partial charge in [-0.15, -0.1) is 6.42 Å². The highest BCUT2D eigenvalue weighted by atomic mass is 16.5. The van der Waals surface area contributed by atoms with Crippen LogP contribution in [0.5, 0.6) is 5.75 Å². The minimum absolute atomic E-state index is 0.213. The molecule has 2 aromatic carbocycles. The van der Waals surface area contributed by atoms with Crippen molar-refractivity contribution in [3.8, 4) is 18.1 Å². The van der Waals surface area contributed by atoms with E-state index in [4.69, 9.17) is 11.2 Å². The monoisotopic (exact) mass is 335 g/mol. The highest BCUT2D eigenvalue weighted by Crippen LogP contribution is 2.25. The molecule has 0 aliphatic heterocycles. The number of amides is 1. The summed E-state index contributed by atoms with van der Waals surface area (Å²) in [6, 6.07) is 12.3. The first-order valence-electron chi connectivity index (χ1n) is 9.13. The van der Waals surface area contributed by atoms with Crippen molar-refractivity contribution in [1.29, 1.82) is 0 Å². The van der Waals surface area contributed by atoms with E-state index in [-0.39, 0.29) is 18.4 Å². The number of fused-ring (bicyclic) bond motifs is 1. The molecule has 3 nitrogen and oxygen atoms in total. The van der Waals surface area contributed by atoms with E-state index in [1.165, 1.54) is 30.2 Å². The maximum Gasteiger partial charge on any atom is 0.223 e. The Bertz CT molecular complexity index is 769. The van der Waals surface area contributed by atoms with Gasteiger partial charge in [0, 0.05) is 12.5 Å². The van der Waals surface area contributed by atoms with Gasteiger partial charge in [-0.3, -0.25) is 4.79 Å². The number of benzene rings is 2. The van der Waals surface area contributed by atoms with E-state index in [9.17, 15) is 4.79 Å². The van der Waals surface area contributed by atoms with Crippen LogP contribution in [0, 0.1) is 18.3 Å². The second kappa shape index (κ2) is 8.58. The molecule has 1 amide bonds. The summed E-state index contributed by atoms with van der Waals surface area (Å²) < 4.78 is 5.53. The number of nitrogens with one attached hydrogen (secondary N) is 1. The van der Waals surface area contributed by atoms with Gasteiger partial charge in [-0.1, -0.05) is 49.4 Å². The third-order valence-electron chi connectivity index (χ3n) is 4.94. The predicted molar refractivity (Wildman–Crippen MR) is 102 cm³/mol. The van der Waals surface area contributed by atoms with Crippen molar-refractivity contribution in [3.05, 3.63) is 42.0 Å². The van der Waals surface area contributed by atoms with Gasteiger partial charge in [0.05, 0.1) is 0 Å². The Kier molecular flexibility index (Phi) is 5.95. The summed E-state index contributed by atoms with van der Waals surface area (Å²) in [6.07, 6.45) is 11.8. The first kappa shape index (κ1) is 17.4. The molecule has 0 atom stereocenters. The van der Waals surface area contributed by atoms with Gasteiger partial charge in [-0.05, 0) is 47.7 Å². The summed E-state index contributed by atoms with van der Waals surface area (Å²) in [4.78, 5) is 12.3. The molecule has 1 saturated carbocycles. The number of ether oxygens (including phenoxy) is 1. The SMILES string of the molecule is C#CCOc1ccc2cccc(CCNC(=O)C3CCCCC3)c2c1. The fourth-order valence-electron chi connectivity index (χ4n) is 3.58. The van der Waals surface area contributed by atoms with Gasteiger partial charge >= 0.3 is 0 Å². The molecule has 1 N–H and O–H groups in total. The lowest BCUT2D eigenvalue weighted by atomic mass is 9.88. The van der Waals surface area contributed by atoms with Gasteiger partial charge in [-0.25, -0.2) is 0 Å². The van der Waals surface area contributed by atoms with E-state index in [0.29, 0.717) is 6.54 Å². The Labute approximate surface area is 149 Å². The van der Waals surface area contributed by atoms with E-state index < -0.39 is 0 Å². The Hall–Kier alpha value is -2.47. The second-order valence-electron chi connectivity index (χ2n) is 6.67. The lowest BCUT2D eigenvalue weighted by molar-refractivity contribution is -0.125. The number of terminal acetylenes is 1. The van der Waals surface area contributed by atoms with E-state index in [2.05, 4.69) is 29.4 Å². The number of carbonyl (C=O) groups excluding carboxylic acids is 1. The third-order valence-corrected chi connectivity index (χ3v) is 4.94. The lowest BCUT2D eigenvalue weighted by Crippen LogP contribution is -2.33. The molecule has 130 valence electrons. The van der Waals surface area contributed by atoms with Crippen LogP contribution in [0.4, 0.5) is 0 Å². The van der Waals surface area contributed by atoms with Crippen molar-refractivity contribution in [2.75, 3.05) is 13.2 Å². The molecule has 2 aromatic rings. The number of carbonyl (C=O) groups is 1. The van der Waals surface area contributed by atoms with Gasteiger partial charge in [0.15, 0.2) is 0 Å². The van der Waals surface area contributed by atoms with Crippen molar-refractivity contribution < 1.29 is 9.53 Å². The van der Waals surface area contributed by atoms with Crippen LogP contribution in [0.25, 0.3) is 10.8 Å². The average Bonchev–Trinajstić information content (AvgIpc) is 2.67. The van der Waals surface area contributed by atoms with Crippen molar-refractivity contribution in [2.24, 2.45) is 5.92 Å². The molecule has 1 fully saturated rings. The fraction of sp³-hybridized carbons (Fsp3) is 0.409. The largest absolute Gasteiger partial charge is 0.481 e. The molecule has 0 heterocycles. The first-order chi connectivity index (χ1) is 12.3. The van der Waals surface area contributed by atoms with Crippen LogP contribution in [0.1, 0.15) is 37.7 Å².